The molecule has 0 radical (unpaired) electrons. The van der Waals surface area contributed by atoms with Crippen molar-refractivity contribution in [3.05, 3.63) is 374 Å². The summed E-state index contributed by atoms with van der Waals surface area (Å²) in [6.45, 7) is 30.0. The van der Waals surface area contributed by atoms with Gasteiger partial charge in [-0.2, -0.15) is 0 Å². The van der Waals surface area contributed by atoms with Crippen LogP contribution in [0.3, 0.4) is 0 Å². The number of aromatic nitrogens is 7. The predicted octanol–water partition coefficient (Wildman–Crippen LogP) is 25.8. The lowest BCUT2D eigenvalue weighted by Crippen LogP contribution is -2.32. The molecule has 7 nitrogen and oxygen atoms in total. The van der Waals surface area contributed by atoms with E-state index in [1.54, 1.807) is 25.3 Å². The molecule has 0 bridgehead atoms. The molecule has 0 aliphatic carbocycles. The predicted molar refractivity (Wildman–Crippen MR) is 517 cm³/mol. The average Bonchev–Trinajstić information content (AvgIpc) is 0.715. The Labute approximate surface area is 761 Å². The fourth-order valence-corrected chi connectivity index (χ4v) is 15.6. The summed E-state index contributed by atoms with van der Waals surface area (Å²) in [5.41, 5.74) is 35.8. The lowest BCUT2D eigenvalue weighted by molar-refractivity contribution is -0.661. The Hall–Kier alpha value is -11.4. The topological polar surface area (TPSA) is 27.2 Å². The van der Waals surface area contributed by atoms with Crippen molar-refractivity contribution in [2.45, 2.75) is 202 Å². The molecule has 0 spiro atoms. The Kier molecular flexibility index (Phi) is 27.0. The fourth-order valence-electron chi connectivity index (χ4n) is 15.6. The summed E-state index contributed by atoms with van der Waals surface area (Å²) in [5, 5.41) is 0. The van der Waals surface area contributed by atoms with Gasteiger partial charge in [0.1, 0.15) is 49.3 Å². The third kappa shape index (κ3) is 25.8. The molecule has 7 aromatic heterocycles. The first kappa shape index (κ1) is 73.3. The van der Waals surface area contributed by atoms with E-state index in [4.69, 9.17) is 23.3 Å². The summed E-state index contributed by atoms with van der Waals surface area (Å²) in [6, 6.07) is 77.0. The maximum atomic E-state index is 8.30. The third-order valence-corrected chi connectivity index (χ3v) is 22.5. The molecule has 0 N–H and O–H groups in total. The van der Waals surface area contributed by atoms with Crippen LogP contribution in [0.5, 0.6) is 0 Å². The minimum atomic E-state index is -3.35. The zero-order chi connectivity index (χ0) is 104. The molecule has 2 unspecified atom stereocenters. The average molecular weight is 1640 g/mol. The van der Waals surface area contributed by atoms with Crippen molar-refractivity contribution in [1.82, 2.24) is 0 Å². The molecule has 14 aromatic rings. The first-order chi connectivity index (χ1) is 64.5. The fraction of sp³-hybridized carbons (Fsp3) is 0.330. The quantitative estimate of drug-likeness (QED) is 0.0971. The van der Waals surface area contributed by atoms with E-state index in [0.717, 1.165) is 50.5 Å². The number of pyridine rings is 7. The molecule has 122 heavy (non-hydrogen) atoms. The van der Waals surface area contributed by atoms with Crippen LogP contribution in [0.2, 0.25) is 0 Å². The molecule has 0 saturated heterocycles. The van der Waals surface area contributed by atoms with Crippen LogP contribution in [0.15, 0.2) is 274 Å². The van der Waals surface area contributed by atoms with E-state index in [1.165, 1.54) is 132 Å². The highest BCUT2D eigenvalue weighted by molar-refractivity contribution is 5.67. The Morgan fingerprint density at radius 2 is 0.590 bits per heavy atom. The van der Waals surface area contributed by atoms with E-state index >= 15 is 0 Å². The summed E-state index contributed by atoms with van der Waals surface area (Å²) < 4.78 is 147. The van der Waals surface area contributed by atoms with Gasteiger partial charge in [0, 0.05) is 145 Å². The summed E-state index contributed by atoms with van der Waals surface area (Å²) in [6.07, 6.45) is 11.5. The number of hydrogen-bond acceptors (Lipinski definition) is 0. The summed E-state index contributed by atoms with van der Waals surface area (Å²) >= 11 is 0. The summed E-state index contributed by atoms with van der Waals surface area (Å²) in [4.78, 5) is 0. The van der Waals surface area contributed by atoms with Crippen LogP contribution < -0.4 is 32.0 Å². The summed E-state index contributed by atoms with van der Waals surface area (Å²) in [5.74, 6) is -4.83. The number of benzene rings is 7. The van der Waals surface area contributed by atoms with E-state index in [-0.39, 0.29) is 5.56 Å². The van der Waals surface area contributed by atoms with Gasteiger partial charge >= 0.3 is 0 Å². The molecule has 7 heteroatoms. The zero-order valence-corrected chi connectivity index (χ0v) is 77.8. The van der Waals surface area contributed by atoms with Crippen LogP contribution in [0.1, 0.15) is 236 Å². The van der Waals surface area contributed by atoms with E-state index in [9.17, 15) is 0 Å². The van der Waals surface area contributed by atoms with Crippen LogP contribution in [-0.4, -0.2) is 0 Å². The SMILES string of the molecule is Cc1ccc(C)c(-c2cccc[n+]2C)c1.Cc1ccccc1-c1cc(C(C)C)c(C)c[n+]1C.Cc1ccccc1-c1cc(C)c(C(C)C)c[n+]1C.Cc1ccccc1-c1cc(C)c(C(C)C)c[n+]1C.[2H]C([2H])([2H])C([2H])(C([2H])([2H])[2H])C([2H])([2H])c1ccc(-c2cccc[n+]2C)c(C)c1.[2H]C([2H])([2H])C([2H])(C)c1c[n+](C)c(-c2ccccc2C)cc1C.[2H]C([2H])([2H])C([2H])(C)c1ccc(-c2cccc[n+]2C)c(C)c1. The minimum absolute atomic E-state index is 0.149. The molecule has 0 amide bonds. The molecule has 0 fully saturated rings. The van der Waals surface area contributed by atoms with Crippen molar-refractivity contribution < 1.29 is 55.3 Å². The van der Waals surface area contributed by atoms with Crippen molar-refractivity contribution in [3.8, 4) is 78.8 Å². The molecule has 2 atom stereocenters. The number of rotatable bonds is 14. The lowest BCUT2D eigenvalue weighted by Gasteiger charge is -2.11. The van der Waals surface area contributed by atoms with Gasteiger partial charge in [-0.15, -0.1) is 0 Å². The second-order valence-corrected chi connectivity index (χ2v) is 33.5. The van der Waals surface area contributed by atoms with Crippen LogP contribution in [0.25, 0.3) is 78.8 Å². The monoisotopic (exact) mass is 1640 g/mol. The zero-order valence-electron chi connectivity index (χ0n) is 94.8. The van der Waals surface area contributed by atoms with Gasteiger partial charge in [-0.3, -0.25) is 0 Å². The highest BCUT2D eigenvalue weighted by Crippen LogP contribution is 2.32. The standard InChI is InChI=1S/5C17H22N.C16H20N.C14H16N/c1-12(2)16-10-17(18(5)11-14(16)4)15-9-7-6-8-13(15)3;3*1-12(2)16-11-18(5)17(10-14(16)4)15-9-7-6-8-13(15)3;1-13(2)11-15-8-9-16(14(3)12-15)17-7-5-6-10-18(17)4;1-12(2)14-8-9-15(13(3)11-14)16-7-5-6-10-17(16)4;1-11-7-8-12(2)13(10-11)14-6-4-5-9-15(14)3/h4*6-12H,1-5H3;5-10,12-13H,11H2,1-4H3;5-12H,1-4H3;4-10H,1-3H3/q7*+1/i;1D3,12D;;;1D3,2D3,11D2,13D;1D3,12D;. The molecule has 634 valence electrons. The first-order valence-electron chi connectivity index (χ1n) is 50.9. The smallest absolute Gasteiger partial charge is 0.201 e. The highest BCUT2D eigenvalue weighted by Gasteiger charge is 2.23. The van der Waals surface area contributed by atoms with Crippen molar-refractivity contribution in [3.63, 3.8) is 0 Å². The van der Waals surface area contributed by atoms with Crippen molar-refractivity contribution in [1.29, 1.82) is 0 Å². The molecule has 0 aliphatic rings. The van der Waals surface area contributed by atoms with Crippen LogP contribution in [0.4, 0.5) is 0 Å². The molecular weight excluding hydrogens is 1480 g/mol. The highest BCUT2D eigenvalue weighted by atomic mass is 15.0. The van der Waals surface area contributed by atoms with Gasteiger partial charge in [-0.05, 0) is 258 Å². The molecule has 7 heterocycles. The molecule has 14 rings (SSSR count). The van der Waals surface area contributed by atoms with E-state index in [1.807, 2.05) is 134 Å². The summed E-state index contributed by atoms with van der Waals surface area (Å²) in [7, 11) is 14.2. The lowest BCUT2D eigenvalue weighted by atomic mass is 9.96. The Morgan fingerprint density at radius 3 is 0.959 bits per heavy atom. The maximum absolute atomic E-state index is 8.30. The van der Waals surface area contributed by atoms with Gasteiger partial charge in [0.2, 0.25) is 39.9 Å². The van der Waals surface area contributed by atoms with E-state index in [0.29, 0.717) is 34.4 Å². The van der Waals surface area contributed by atoms with Crippen LogP contribution >= 0.6 is 0 Å². The first-order valence-corrected chi connectivity index (χ1v) is 42.4. The van der Waals surface area contributed by atoms with Gasteiger partial charge < -0.3 is 0 Å². The number of hydrogen-bond donors (Lipinski definition) is 0. The minimum Gasteiger partial charge on any atom is -0.201 e. The van der Waals surface area contributed by atoms with Gasteiger partial charge in [-0.1, -0.05) is 198 Å². The maximum Gasteiger partial charge on any atom is 0.212 e. The van der Waals surface area contributed by atoms with Crippen molar-refractivity contribution in [2.75, 3.05) is 0 Å². The van der Waals surface area contributed by atoms with Crippen LogP contribution in [0, 0.1) is 89.0 Å². The van der Waals surface area contributed by atoms with Gasteiger partial charge in [-0.25, -0.2) is 32.0 Å². The Morgan fingerprint density at radius 1 is 0.254 bits per heavy atom. The largest absolute Gasteiger partial charge is 0.212 e. The number of aryl methyl sites for hydroxylation is 19. The van der Waals surface area contributed by atoms with E-state index < -0.39 is 51.5 Å². The van der Waals surface area contributed by atoms with Crippen molar-refractivity contribution >= 4 is 0 Å². The van der Waals surface area contributed by atoms with Gasteiger partial charge in [0.25, 0.3) is 0 Å². The number of nitrogens with zero attached hydrogens (tertiary/aromatic N) is 7. The third-order valence-electron chi connectivity index (χ3n) is 22.5. The molecule has 0 aliphatic heterocycles. The van der Waals surface area contributed by atoms with Crippen molar-refractivity contribution in [2.24, 2.45) is 55.2 Å². The van der Waals surface area contributed by atoms with Gasteiger partial charge in [0.15, 0.2) is 43.4 Å². The Bertz CT molecular complexity index is 6500. The molecular formula is C115H146N7+7. The second kappa shape index (κ2) is 44.9. The second-order valence-electron chi connectivity index (χ2n) is 33.5. The van der Waals surface area contributed by atoms with E-state index in [2.05, 4.69) is 309 Å². The molecule has 7 aromatic carbocycles. The van der Waals surface area contributed by atoms with Gasteiger partial charge in [0.05, 0.1) is 0 Å². The Balaban J connectivity index is 0.000000200. The normalized spacial score (nSPS) is 14.5. The molecule has 0 saturated carbocycles. The van der Waals surface area contributed by atoms with Crippen LogP contribution in [-0.2, 0) is 55.7 Å².